The topological polar surface area (TPSA) is 52.9 Å². The highest BCUT2D eigenvalue weighted by molar-refractivity contribution is 5.95. The standard InChI is InChI=1S/C16H18F2N2O/c1-2-11-6-8-16(10-19,9-7-11)20-15(21)14-12(17)4-3-5-13(14)18/h3-5,11H,2,6-9H2,1H3,(H,20,21). The molecule has 1 aromatic rings. The molecular formula is C16H18F2N2O. The third kappa shape index (κ3) is 3.21. The van der Waals surface area contributed by atoms with Gasteiger partial charge in [-0.25, -0.2) is 8.78 Å². The van der Waals surface area contributed by atoms with Gasteiger partial charge in [0.1, 0.15) is 22.7 Å². The Hall–Kier alpha value is -1.96. The number of carbonyl (C=O) groups excluding carboxylic acids is 1. The summed E-state index contributed by atoms with van der Waals surface area (Å²) in [6.45, 7) is 2.09. The maximum absolute atomic E-state index is 13.6. The minimum Gasteiger partial charge on any atom is -0.334 e. The molecule has 0 atom stereocenters. The number of hydrogen-bond donors (Lipinski definition) is 1. The lowest BCUT2D eigenvalue weighted by atomic mass is 9.76. The molecule has 0 radical (unpaired) electrons. The second-order valence-corrected chi connectivity index (χ2v) is 5.60. The number of carbonyl (C=O) groups is 1. The van der Waals surface area contributed by atoms with E-state index in [0.29, 0.717) is 18.8 Å². The first-order chi connectivity index (χ1) is 10.0. The first-order valence-corrected chi connectivity index (χ1v) is 7.19. The summed E-state index contributed by atoms with van der Waals surface area (Å²) in [5.74, 6) is -2.14. The molecule has 0 heterocycles. The summed E-state index contributed by atoms with van der Waals surface area (Å²) >= 11 is 0. The van der Waals surface area contributed by atoms with E-state index >= 15 is 0 Å². The van der Waals surface area contributed by atoms with Gasteiger partial charge in [-0.3, -0.25) is 4.79 Å². The van der Waals surface area contributed by atoms with Crippen molar-refractivity contribution >= 4 is 5.91 Å². The Morgan fingerprint density at radius 2 is 1.95 bits per heavy atom. The van der Waals surface area contributed by atoms with Gasteiger partial charge in [0.25, 0.3) is 5.91 Å². The van der Waals surface area contributed by atoms with Crippen LogP contribution < -0.4 is 5.32 Å². The van der Waals surface area contributed by atoms with Gasteiger partial charge in [-0.05, 0) is 43.7 Å². The smallest absolute Gasteiger partial charge is 0.258 e. The monoisotopic (exact) mass is 292 g/mol. The van der Waals surface area contributed by atoms with Crippen LogP contribution in [0, 0.1) is 28.9 Å². The fourth-order valence-electron chi connectivity index (χ4n) is 2.84. The van der Waals surface area contributed by atoms with E-state index in [4.69, 9.17) is 0 Å². The number of nitriles is 1. The molecule has 2 rings (SSSR count). The molecule has 0 spiro atoms. The van der Waals surface area contributed by atoms with Crippen LogP contribution in [0.3, 0.4) is 0 Å². The van der Waals surface area contributed by atoms with Crippen LogP contribution in [0.25, 0.3) is 0 Å². The molecule has 0 unspecified atom stereocenters. The van der Waals surface area contributed by atoms with Crippen molar-refractivity contribution in [3.05, 3.63) is 35.4 Å². The third-order valence-electron chi connectivity index (χ3n) is 4.29. The van der Waals surface area contributed by atoms with Crippen molar-refractivity contribution in [2.75, 3.05) is 0 Å². The van der Waals surface area contributed by atoms with Gasteiger partial charge in [-0.1, -0.05) is 19.4 Å². The second kappa shape index (κ2) is 6.21. The highest BCUT2D eigenvalue weighted by Gasteiger charge is 2.37. The van der Waals surface area contributed by atoms with Crippen molar-refractivity contribution in [1.29, 1.82) is 5.26 Å². The van der Waals surface area contributed by atoms with Crippen molar-refractivity contribution in [2.24, 2.45) is 5.92 Å². The number of halogens is 2. The van der Waals surface area contributed by atoms with Gasteiger partial charge in [0.2, 0.25) is 0 Å². The van der Waals surface area contributed by atoms with E-state index in [9.17, 15) is 18.8 Å². The van der Waals surface area contributed by atoms with Crippen molar-refractivity contribution in [3.8, 4) is 6.07 Å². The summed E-state index contributed by atoms with van der Waals surface area (Å²) in [7, 11) is 0. The number of rotatable bonds is 3. The minimum atomic E-state index is -1.02. The molecule has 21 heavy (non-hydrogen) atoms. The van der Waals surface area contributed by atoms with Crippen LogP contribution in [0.2, 0.25) is 0 Å². The Kier molecular flexibility index (Phi) is 4.56. The van der Waals surface area contributed by atoms with Crippen LogP contribution in [0.15, 0.2) is 18.2 Å². The molecule has 1 aliphatic carbocycles. The molecule has 1 aromatic carbocycles. The zero-order chi connectivity index (χ0) is 15.5. The third-order valence-corrected chi connectivity index (χ3v) is 4.29. The largest absolute Gasteiger partial charge is 0.334 e. The van der Waals surface area contributed by atoms with E-state index < -0.39 is 28.6 Å². The maximum atomic E-state index is 13.6. The van der Waals surface area contributed by atoms with E-state index in [1.807, 2.05) is 0 Å². The van der Waals surface area contributed by atoms with E-state index in [0.717, 1.165) is 31.4 Å². The van der Waals surface area contributed by atoms with Crippen molar-refractivity contribution in [1.82, 2.24) is 5.32 Å². The van der Waals surface area contributed by atoms with Crippen LogP contribution in [-0.2, 0) is 0 Å². The fraction of sp³-hybridized carbons (Fsp3) is 0.500. The Bertz CT molecular complexity index is 552. The lowest BCUT2D eigenvalue weighted by Crippen LogP contribution is -2.50. The first-order valence-electron chi connectivity index (χ1n) is 7.19. The summed E-state index contributed by atoms with van der Waals surface area (Å²) in [5.41, 5.74) is -1.64. The highest BCUT2D eigenvalue weighted by Crippen LogP contribution is 2.33. The zero-order valence-corrected chi connectivity index (χ0v) is 12.0. The number of nitrogens with zero attached hydrogens (tertiary/aromatic N) is 1. The predicted molar refractivity (Wildman–Crippen MR) is 74.4 cm³/mol. The molecule has 1 aliphatic rings. The van der Waals surface area contributed by atoms with Gasteiger partial charge >= 0.3 is 0 Å². The van der Waals surface area contributed by atoms with E-state index in [-0.39, 0.29) is 0 Å². The Labute approximate surface area is 123 Å². The van der Waals surface area contributed by atoms with Gasteiger partial charge in [-0.15, -0.1) is 0 Å². The average Bonchev–Trinajstić information content (AvgIpc) is 2.48. The maximum Gasteiger partial charge on any atom is 0.258 e. The van der Waals surface area contributed by atoms with E-state index in [1.54, 1.807) is 0 Å². The molecule has 1 fully saturated rings. The van der Waals surface area contributed by atoms with Gasteiger partial charge < -0.3 is 5.32 Å². The molecular weight excluding hydrogens is 274 g/mol. The molecule has 3 nitrogen and oxygen atoms in total. The molecule has 0 saturated heterocycles. The molecule has 1 saturated carbocycles. The highest BCUT2D eigenvalue weighted by atomic mass is 19.1. The van der Waals surface area contributed by atoms with Crippen LogP contribution in [0.5, 0.6) is 0 Å². The van der Waals surface area contributed by atoms with Gasteiger partial charge in [0.15, 0.2) is 0 Å². The minimum absolute atomic E-state index is 0.518. The molecule has 1 N–H and O–H groups in total. The van der Waals surface area contributed by atoms with Gasteiger partial charge in [0, 0.05) is 0 Å². The number of nitrogens with one attached hydrogen (secondary N) is 1. The molecule has 0 bridgehead atoms. The van der Waals surface area contributed by atoms with Crippen LogP contribution in [0.1, 0.15) is 49.4 Å². The number of hydrogen-bond acceptors (Lipinski definition) is 2. The van der Waals surface area contributed by atoms with Crippen molar-refractivity contribution in [3.63, 3.8) is 0 Å². The number of benzene rings is 1. The average molecular weight is 292 g/mol. The van der Waals surface area contributed by atoms with Crippen LogP contribution >= 0.6 is 0 Å². The summed E-state index contributed by atoms with van der Waals surface area (Å²) in [4.78, 5) is 12.1. The van der Waals surface area contributed by atoms with Crippen LogP contribution in [-0.4, -0.2) is 11.4 Å². The lowest BCUT2D eigenvalue weighted by molar-refractivity contribution is 0.0882. The second-order valence-electron chi connectivity index (χ2n) is 5.60. The first kappa shape index (κ1) is 15.4. The summed E-state index contributed by atoms with van der Waals surface area (Å²) in [5, 5.41) is 11.9. The molecule has 0 aliphatic heterocycles. The quantitative estimate of drug-likeness (QED) is 0.926. The Morgan fingerprint density at radius 1 is 1.38 bits per heavy atom. The summed E-state index contributed by atoms with van der Waals surface area (Å²) < 4.78 is 27.2. The van der Waals surface area contributed by atoms with Gasteiger partial charge in [0.05, 0.1) is 6.07 Å². The molecule has 5 heteroatoms. The predicted octanol–water partition coefficient (Wildman–Crippen LogP) is 3.56. The zero-order valence-electron chi connectivity index (χ0n) is 12.0. The fourth-order valence-corrected chi connectivity index (χ4v) is 2.84. The van der Waals surface area contributed by atoms with Crippen molar-refractivity contribution in [2.45, 2.75) is 44.6 Å². The lowest BCUT2D eigenvalue weighted by Gasteiger charge is -2.35. The Morgan fingerprint density at radius 3 is 2.43 bits per heavy atom. The van der Waals surface area contributed by atoms with Crippen LogP contribution in [0.4, 0.5) is 8.78 Å². The summed E-state index contributed by atoms with van der Waals surface area (Å²) in [6, 6.07) is 5.39. The molecule has 1 amide bonds. The van der Waals surface area contributed by atoms with Gasteiger partial charge in [-0.2, -0.15) is 5.26 Å². The summed E-state index contributed by atoms with van der Waals surface area (Å²) in [6.07, 6.45) is 3.75. The van der Waals surface area contributed by atoms with E-state index in [1.165, 1.54) is 6.07 Å². The number of amides is 1. The van der Waals surface area contributed by atoms with E-state index in [2.05, 4.69) is 18.3 Å². The molecule has 112 valence electrons. The Balaban J connectivity index is 2.16. The normalized spacial score (nSPS) is 25.1. The molecule has 0 aromatic heterocycles. The SMILES string of the molecule is CCC1CCC(C#N)(NC(=O)c2c(F)cccc2F)CC1. The van der Waals surface area contributed by atoms with Crippen molar-refractivity contribution < 1.29 is 13.6 Å².